The van der Waals surface area contributed by atoms with Gasteiger partial charge in [-0.1, -0.05) is 23.7 Å². The number of nitrogens with one attached hydrogen (secondary N) is 1. The Labute approximate surface area is 109 Å². The second-order valence-electron chi connectivity index (χ2n) is 5.73. The van der Waals surface area contributed by atoms with Gasteiger partial charge in [0.1, 0.15) is 0 Å². The second kappa shape index (κ2) is 4.29. The van der Waals surface area contributed by atoms with Gasteiger partial charge in [0.05, 0.1) is 0 Å². The lowest BCUT2D eigenvalue weighted by Gasteiger charge is -2.30. The maximum absolute atomic E-state index is 6.37. The van der Waals surface area contributed by atoms with E-state index >= 15 is 0 Å². The van der Waals surface area contributed by atoms with Crippen LogP contribution in [0.25, 0.3) is 0 Å². The fraction of sp³-hybridized carbons (Fsp3) is 0.600. The topological polar surface area (TPSA) is 12.0 Å². The number of halogens is 1. The first-order chi connectivity index (χ1) is 8.20. The molecule has 17 heavy (non-hydrogen) atoms. The molecule has 1 heterocycles. The Kier molecular flexibility index (Phi) is 2.92. The molecule has 1 aromatic rings. The lowest BCUT2D eigenvalue weighted by molar-refractivity contribution is 0.323. The van der Waals surface area contributed by atoms with E-state index in [9.17, 15) is 0 Å². The van der Waals surface area contributed by atoms with Gasteiger partial charge in [0, 0.05) is 10.6 Å². The lowest BCUT2D eigenvalue weighted by atomic mass is 9.84. The Bertz CT molecular complexity index is 417. The molecule has 1 aliphatic heterocycles. The van der Waals surface area contributed by atoms with Crippen LogP contribution in [0.3, 0.4) is 0 Å². The van der Waals surface area contributed by atoms with Crippen LogP contribution in [-0.4, -0.2) is 12.1 Å². The van der Waals surface area contributed by atoms with Gasteiger partial charge < -0.3 is 5.32 Å². The van der Waals surface area contributed by atoms with Gasteiger partial charge in [-0.3, -0.25) is 0 Å². The maximum atomic E-state index is 6.37. The first-order valence-corrected chi connectivity index (χ1v) is 7.07. The lowest BCUT2D eigenvalue weighted by Crippen LogP contribution is -2.44. The van der Waals surface area contributed by atoms with Crippen molar-refractivity contribution in [2.75, 3.05) is 6.54 Å². The molecule has 0 aromatic heterocycles. The molecule has 0 amide bonds. The van der Waals surface area contributed by atoms with E-state index in [4.69, 9.17) is 11.6 Å². The molecule has 0 bridgehead atoms. The summed E-state index contributed by atoms with van der Waals surface area (Å²) in [5.74, 6) is 0.891. The minimum Gasteiger partial charge on any atom is -0.311 e. The molecule has 1 N–H and O–H groups in total. The summed E-state index contributed by atoms with van der Waals surface area (Å²) in [6, 6.07) is 6.48. The van der Waals surface area contributed by atoms with Gasteiger partial charge in [0.15, 0.2) is 0 Å². The monoisotopic (exact) mass is 249 g/mol. The van der Waals surface area contributed by atoms with Crippen molar-refractivity contribution in [1.82, 2.24) is 5.32 Å². The Morgan fingerprint density at radius 1 is 1.41 bits per heavy atom. The highest BCUT2D eigenvalue weighted by Gasteiger charge is 2.46. The minimum atomic E-state index is 0.360. The predicted octanol–water partition coefficient (Wildman–Crippen LogP) is 3.72. The zero-order valence-corrected chi connectivity index (χ0v) is 11.2. The van der Waals surface area contributed by atoms with Crippen molar-refractivity contribution in [3.05, 3.63) is 34.3 Å². The van der Waals surface area contributed by atoms with Crippen LogP contribution in [0.4, 0.5) is 0 Å². The summed E-state index contributed by atoms with van der Waals surface area (Å²) in [4.78, 5) is 0. The molecule has 1 aliphatic carbocycles. The largest absolute Gasteiger partial charge is 0.311 e. The number of benzene rings is 1. The molecule has 1 saturated carbocycles. The van der Waals surface area contributed by atoms with E-state index in [2.05, 4.69) is 30.4 Å². The average Bonchev–Trinajstić information content (AvgIpc) is 3.05. The predicted molar refractivity (Wildman–Crippen MR) is 72.6 cm³/mol. The van der Waals surface area contributed by atoms with Gasteiger partial charge in [-0.25, -0.2) is 0 Å². The van der Waals surface area contributed by atoms with Crippen LogP contribution in [0, 0.1) is 12.8 Å². The summed E-state index contributed by atoms with van der Waals surface area (Å²) < 4.78 is 0. The van der Waals surface area contributed by atoms with Gasteiger partial charge in [-0.2, -0.15) is 0 Å². The zero-order valence-electron chi connectivity index (χ0n) is 10.4. The molecule has 1 saturated heterocycles. The SMILES string of the molecule is Cc1ccc(CC2(C3CC3)CCCN2)c(Cl)c1. The van der Waals surface area contributed by atoms with Crippen molar-refractivity contribution in [2.45, 2.75) is 44.6 Å². The molecule has 2 heteroatoms. The van der Waals surface area contributed by atoms with Crippen molar-refractivity contribution < 1.29 is 0 Å². The van der Waals surface area contributed by atoms with Gasteiger partial charge in [0.2, 0.25) is 0 Å². The first kappa shape index (κ1) is 11.6. The number of hydrogen-bond donors (Lipinski definition) is 1. The Balaban J connectivity index is 1.84. The molecule has 2 aliphatic rings. The molecule has 1 nitrogen and oxygen atoms in total. The molecular formula is C15H20ClN. The molecule has 0 spiro atoms. The van der Waals surface area contributed by atoms with E-state index in [1.54, 1.807) is 0 Å². The zero-order chi connectivity index (χ0) is 11.9. The van der Waals surface area contributed by atoms with Crippen molar-refractivity contribution in [3.8, 4) is 0 Å². The number of rotatable bonds is 3. The highest BCUT2D eigenvalue weighted by atomic mass is 35.5. The normalized spacial score (nSPS) is 28.6. The maximum Gasteiger partial charge on any atom is 0.0441 e. The van der Waals surface area contributed by atoms with Gasteiger partial charge in [-0.05, 0) is 68.7 Å². The molecule has 1 aromatic carbocycles. The van der Waals surface area contributed by atoms with E-state index < -0.39 is 0 Å². The van der Waals surface area contributed by atoms with Crippen LogP contribution in [0.2, 0.25) is 5.02 Å². The molecule has 1 unspecified atom stereocenters. The number of hydrogen-bond acceptors (Lipinski definition) is 1. The summed E-state index contributed by atoms with van der Waals surface area (Å²) in [5.41, 5.74) is 2.93. The summed E-state index contributed by atoms with van der Waals surface area (Å²) >= 11 is 6.37. The molecule has 0 radical (unpaired) electrons. The summed E-state index contributed by atoms with van der Waals surface area (Å²) in [7, 11) is 0. The quantitative estimate of drug-likeness (QED) is 0.861. The summed E-state index contributed by atoms with van der Waals surface area (Å²) in [6.45, 7) is 3.28. The van der Waals surface area contributed by atoms with Gasteiger partial charge in [-0.15, -0.1) is 0 Å². The molecule has 2 fully saturated rings. The van der Waals surface area contributed by atoms with Crippen LogP contribution < -0.4 is 5.32 Å². The van der Waals surface area contributed by atoms with Crippen molar-refractivity contribution in [3.63, 3.8) is 0 Å². The highest BCUT2D eigenvalue weighted by molar-refractivity contribution is 6.31. The van der Waals surface area contributed by atoms with E-state index in [1.165, 1.54) is 43.4 Å². The minimum absolute atomic E-state index is 0.360. The molecule has 1 atom stereocenters. The van der Waals surface area contributed by atoms with E-state index in [-0.39, 0.29) is 0 Å². The summed E-state index contributed by atoms with van der Waals surface area (Å²) in [5, 5.41) is 4.71. The third-order valence-corrected chi connectivity index (χ3v) is 4.70. The average molecular weight is 250 g/mol. The van der Waals surface area contributed by atoms with Crippen LogP contribution in [-0.2, 0) is 6.42 Å². The number of aryl methyl sites for hydroxylation is 1. The molecule has 92 valence electrons. The Morgan fingerprint density at radius 2 is 2.24 bits per heavy atom. The first-order valence-electron chi connectivity index (χ1n) is 6.70. The molecular weight excluding hydrogens is 230 g/mol. The smallest absolute Gasteiger partial charge is 0.0441 e. The second-order valence-corrected chi connectivity index (χ2v) is 6.14. The standard InChI is InChI=1S/C15H20ClN/c1-11-3-4-12(14(16)9-11)10-15(13-5-6-13)7-2-8-17-15/h3-4,9,13,17H,2,5-8,10H2,1H3. The summed E-state index contributed by atoms with van der Waals surface area (Å²) in [6.07, 6.45) is 6.55. The van der Waals surface area contributed by atoms with Crippen LogP contribution in [0.5, 0.6) is 0 Å². The van der Waals surface area contributed by atoms with Crippen LogP contribution in [0.15, 0.2) is 18.2 Å². The van der Waals surface area contributed by atoms with E-state index in [1.807, 2.05) is 0 Å². The van der Waals surface area contributed by atoms with E-state index in [0.29, 0.717) is 5.54 Å². The third-order valence-electron chi connectivity index (χ3n) is 4.35. The van der Waals surface area contributed by atoms with Gasteiger partial charge in [0.25, 0.3) is 0 Å². The fourth-order valence-corrected chi connectivity index (χ4v) is 3.55. The highest BCUT2D eigenvalue weighted by Crippen LogP contribution is 2.46. The Morgan fingerprint density at radius 3 is 2.82 bits per heavy atom. The van der Waals surface area contributed by atoms with Crippen molar-refractivity contribution >= 4 is 11.6 Å². The molecule has 3 rings (SSSR count). The van der Waals surface area contributed by atoms with Crippen LogP contribution in [0.1, 0.15) is 36.8 Å². The van der Waals surface area contributed by atoms with E-state index in [0.717, 1.165) is 17.4 Å². The fourth-order valence-electron chi connectivity index (χ4n) is 3.24. The Hall–Kier alpha value is -0.530. The van der Waals surface area contributed by atoms with Crippen molar-refractivity contribution in [1.29, 1.82) is 0 Å². The third kappa shape index (κ3) is 2.23. The van der Waals surface area contributed by atoms with Crippen molar-refractivity contribution in [2.24, 2.45) is 5.92 Å². The van der Waals surface area contributed by atoms with Gasteiger partial charge >= 0.3 is 0 Å². The van der Waals surface area contributed by atoms with Crippen LogP contribution >= 0.6 is 11.6 Å².